The molecule has 0 bridgehead atoms. The predicted octanol–water partition coefficient (Wildman–Crippen LogP) is 2.31. The van der Waals surface area contributed by atoms with Gasteiger partial charge in [-0.25, -0.2) is 4.99 Å². The van der Waals surface area contributed by atoms with Crippen molar-refractivity contribution in [3.63, 3.8) is 0 Å². The summed E-state index contributed by atoms with van der Waals surface area (Å²) in [5.74, 6) is 1.89. The number of aliphatic imine (C=N–C) groups is 1. The van der Waals surface area contributed by atoms with Crippen molar-refractivity contribution in [3.8, 4) is 0 Å². The molecule has 2 aromatic rings. The Bertz CT molecular complexity index is 526. The molecule has 0 fully saturated rings. The third-order valence-corrected chi connectivity index (χ3v) is 3.18. The van der Waals surface area contributed by atoms with Crippen LogP contribution < -0.4 is 10.6 Å². The molecule has 20 heavy (non-hydrogen) atoms. The Balaban J connectivity index is 0.00000200. The Labute approximate surface area is 139 Å². The molecule has 0 spiro atoms. The number of nitrogens with zero attached hydrogens (tertiary/aromatic N) is 3. The molecule has 2 rings (SSSR count). The highest BCUT2D eigenvalue weighted by atomic mass is 127. The second kappa shape index (κ2) is 8.90. The lowest BCUT2D eigenvalue weighted by molar-refractivity contribution is 0.387. The van der Waals surface area contributed by atoms with Gasteiger partial charge >= 0.3 is 0 Å². The molecule has 0 amide bonds. The summed E-state index contributed by atoms with van der Waals surface area (Å²) in [6.45, 7) is 5.76. The maximum absolute atomic E-state index is 4.91. The van der Waals surface area contributed by atoms with E-state index in [1.54, 1.807) is 18.3 Å². The highest BCUT2D eigenvalue weighted by Crippen LogP contribution is 2.07. The van der Waals surface area contributed by atoms with Crippen LogP contribution >= 0.6 is 35.3 Å². The largest absolute Gasteiger partial charge is 0.357 e. The van der Waals surface area contributed by atoms with E-state index in [0.29, 0.717) is 18.3 Å². The molecular formula is C12H18IN5OS. The fourth-order valence-electron chi connectivity index (χ4n) is 1.48. The van der Waals surface area contributed by atoms with Crippen LogP contribution in [-0.2, 0) is 13.1 Å². The lowest BCUT2D eigenvalue weighted by atomic mass is 10.4. The Morgan fingerprint density at radius 1 is 1.45 bits per heavy atom. The fraction of sp³-hybridized carbons (Fsp3) is 0.417. The maximum atomic E-state index is 4.91. The van der Waals surface area contributed by atoms with Gasteiger partial charge in [0.25, 0.3) is 0 Å². The van der Waals surface area contributed by atoms with Gasteiger partial charge in [0.05, 0.1) is 6.54 Å². The van der Waals surface area contributed by atoms with Gasteiger partial charge in [-0.15, -0.1) is 35.3 Å². The van der Waals surface area contributed by atoms with Crippen molar-refractivity contribution in [1.82, 2.24) is 20.8 Å². The van der Waals surface area contributed by atoms with E-state index in [4.69, 9.17) is 4.52 Å². The lowest BCUT2D eigenvalue weighted by Gasteiger charge is -2.09. The summed E-state index contributed by atoms with van der Waals surface area (Å²) in [5.41, 5.74) is 0. The summed E-state index contributed by atoms with van der Waals surface area (Å²) in [7, 11) is 0. The topological polar surface area (TPSA) is 75.3 Å². The quantitative estimate of drug-likeness (QED) is 0.452. The minimum Gasteiger partial charge on any atom is -0.357 e. The molecule has 0 aliphatic heterocycles. The van der Waals surface area contributed by atoms with Gasteiger partial charge in [0.2, 0.25) is 5.89 Å². The number of rotatable bonds is 5. The maximum Gasteiger partial charge on any atom is 0.223 e. The third kappa shape index (κ3) is 5.45. The minimum atomic E-state index is 0. The number of hydrogen-bond acceptors (Lipinski definition) is 5. The van der Waals surface area contributed by atoms with Crippen LogP contribution in [0.3, 0.4) is 0 Å². The lowest BCUT2D eigenvalue weighted by Crippen LogP contribution is -2.36. The first-order chi connectivity index (χ1) is 9.28. The van der Waals surface area contributed by atoms with Crippen LogP contribution in [0.2, 0.25) is 0 Å². The number of guanidine groups is 1. The van der Waals surface area contributed by atoms with E-state index in [1.807, 2.05) is 13.0 Å². The Morgan fingerprint density at radius 3 is 2.90 bits per heavy atom. The highest BCUT2D eigenvalue weighted by Gasteiger charge is 2.03. The first-order valence-electron chi connectivity index (χ1n) is 6.11. The molecule has 6 nitrogen and oxygen atoms in total. The standard InChI is InChI=1S/C12H17N5OS.HI/c1-3-13-12(14-7-10-5-4-6-19-10)15-8-11-16-9(2)18-17-11;/h4-6H,3,7-8H2,1-2H3,(H2,13,14,15);1H. The highest BCUT2D eigenvalue weighted by molar-refractivity contribution is 14.0. The summed E-state index contributed by atoms with van der Waals surface area (Å²) >= 11 is 1.72. The molecule has 0 saturated heterocycles. The molecule has 2 aromatic heterocycles. The van der Waals surface area contributed by atoms with Crippen molar-refractivity contribution in [1.29, 1.82) is 0 Å². The van der Waals surface area contributed by atoms with E-state index in [0.717, 1.165) is 19.0 Å². The van der Waals surface area contributed by atoms with Crippen LogP contribution in [0.5, 0.6) is 0 Å². The number of hydrogen-bond donors (Lipinski definition) is 2. The van der Waals surface area contributed by atoms with Crippen molar-refractivity contribution in [3.05, 3.63) is 34.1 Å². The molecule has 0 aromatic carbocycles. The summed E-state index contributed by atoms with van der Waals surface area (Å²) in [4.78, 5) is 9.79. The third-order valence-electron chi connectivity index (χ3n) is 2.30. The zero-order valence-electron chi connectivity index (χ0n) is 11.4. The molecule has 0 atom stereocenters. The smallest absolute Gasteiger partial charge is 0.223 e. The van der Waals surface area contributed by atoms with Gasteiger partial charge < -0.3 is 15.2 Å². The Kier molecular flexibility index (Phi) is 7.52. The summed E-state index contributed by atoms with van der Waals surface area (Å²) in [6, 6.07) is 4.12. The number of nitrogens with one attached hydrogen (secondary N) is 2. The van der Waals surface area contributed by atoms with Gasteiger partial charge in [-0.1, -0.05) is 11.2 Å². The van der Waals surface area contributed by atoms with E-state index in [9.17, 15) is 0 Å². The van der Waals surface area contributed by atoms with Crippen LogP contribution in [0.1, 0.15) is 23.5 Å². The first kappa shape index (κ1) is 16.9. The minimum absolute atomic E-state index is 0. The number of aryl methyl sites for hydroxylation is 1. The molecular weight excluding hydrogens is 389 g/mol. The van der Waals surface area contributed by atoms with Crippen molar-refractivity contribution in [2.75, 3.05) is 6.54 Å². The molecule has 8 heteroatoms. The molecule has 0 radical (unpaired) electrons. The van der Waals surface area contributed by atoms with Gasteiger partial charge in [-0.05, 0) is 18.4 Å². The monoisotopic (exact) mass is 407 g/mol. The van der Waals surface area contributed by atoms with E-state index in [-0.39, 0.29) is 24.0 Å². The molecule has 2 N–H and O–H groups in total. The van der Waals surface area contributed by atoms with Crippen LogP contribution in [0.15, 0.2) is 27.0 Å². The van der Waals surface area contributed by atoms with E-state index in [2.05, 4.69) is 37.2 Å². The molecule has 0 saturated carbocycles. The Morgan fingerprint density at radius 2 is 2.30 bits per heavy atom. The first-order valence-corrected chi connectivity index (χ1v) is 6.99. The fourth-order valence-corrected chi connectivity index (χ4v) is 2.13. The average Bonchev–Trinajstić information content (AvgIpc) is 3.04. The van der Waals surface area contributed by atoms with Gasteiger partial charge in [0, 0.05) is 18.3 Å². The van der Waals surface area contributed by atoms with Gasteiger partial charge in [-0.2, -0.15) is 4.98 Å². The van der Waals surface area contributed by atoms with E-state index in [1.165, 1.54) is 4.88 Å². The summed E-state index contributed by atoms with van der Waals surface area (Å²) in [6.07, 6.45) is 0. The van der Waals surface area contributed by atoms with Crippen molar-refractivity contribution >= 4 is 41.3 Å². The van der Waals surface area contributed by atoms with Crippen LogP contribution in [0.4, 0.5) is 0 Å². The number of thiophene rings is 1. The van der Waals surface area contributed by atoms with Crippen molar-refractivity contribution in [2.24, 2.45) is 4.99 Å². The second-order valence-electron chi connectivity index (χ2n) is 3.86. The molecule has 0 aliphatic carbocycles. The van der Waals surface area contributed by atoms with Crippen LogP contribution in [-0.4, -0.2) is 22.6 Å². The molecule has 110 valence electrons. The van der Waals surface area contributed by atoms with E-state index < -0.39 is 0 Å². The van der Waals surface area contributed by atoms with Crippen LogP contribution in [0.25, 0.3) is 0 Å². The normalized spacial score (nSPS) is 11.0. The zero-order valence-corrected chi connectivity index (χ0v) is 14.6. The zero-order chi connectivity index (χ0) is 13.5. The molecule has 2 heterocycles. The molecule has 0 aliphatic rings. The van der Waals surface area contributed by atoms with Crippen molar-refractivity contribution < 1.29 is 4.52 Å². The summed E-state index contributed by atoms with van der Waals surface area (Å²) < 4.78 is 4.91. The predicted molar refractivity (Wildman–Crippen MR) is 90.4 cm³/mol. The second-order valence-corrected chi connectivity index (χ2v) is 4.89. The van der Waals surface area contributed by atoms with Crippen molar-refractivity contribution in [2.45, 2.75) is 26.9 Å². The van der Waals surface area contributed by atoms with Crippen LogP contribution in [0, 0.1) is 6.92 Å². The average molecular weight is 407 g/mol. The van der Waals surface area contributed by atoms with Gasteiger partial charge in [0.1, 0.15) is 6.54 Å². The van der Waals surface area contributed by atoms with Gasteiger partial charge in [0.15, 0.2) is 11.8 Å². The number of aromatic nitrogens is 2. The number of halogens is 1. The molecule has 0 unspecified atom stereocenters. The van der Waals surface area contributed by atoms with E-state index >= 15 is 0 Å². The Hall–Kier alpha value is -1.16. The SMILES string of the molecule is CCNC(=NCc1noc(C)n1)NCc1cccs1.I. The summed E-state index contributed by atoms with van der Waals surface area (Å²) in [5, 5.41) is 12.3. The van der Waals surface area contributed by atoms with Gasteiger partial charge in [-0.3, -0.25) is 0 Å².